The molecule has 2 N–H and O–H groups in total. The molecule has 1 saturated carbocycles. The molecular weight excluding hydrogens is 222 g/mol. The van der Waals surface area contributed by atoms with Gasteiger partial charge >= 0.3 is 0 Å². The molecule has 18 heavy (non-hydrogen) atoms. The van der Waals surface area contributed by atoms with Gasteiger partial charge in [-0.2, -0.15) is 0 Å². The Balaban J connectivity index is 2.03. The number of nitrogens with zero attached hydrogens (tertiary/aromatic N) is 2. The maximum Gasteiger partial charge on any atom is 0.0948 e. The molecule has 102 valence electrons. The minimum Gasteiger partial charge on any atom is -0.333 e. The van der Waals surface area contributed by atoms with Crippen molar-refractivity contribution >= 4 is 0 Å². The van der Waals surface area contributed by atoms with Gasteiger partial charge in [-0.3, -0.25) is 0 Å². The number of nitrogens with two attached hydrogens (primary N) is 1. The third-order valence-corrected chi connectivity index (χ3v) is 4.09. The summed E-state index contributed by atoms with van der Waals surface area (Å²) in [5, 5.41) is 0. The third-order valence-electron chi connectivity index (χ3n) is 4.09. The molecule has 1 aromatic heterocycles. The zero-order valence-corrected chi connectivity index (χ0v) is 12.0. The van der Waals surface area contributed by atoms with Gasteiger partial charge < -0.3 is 10.3 Å². The number of hydrogen-bond donors (Lipinski definition) is 1. The van der Waals surface area contributed by atoms with E-state index in [9.17, 15) is 0 Å². The Hall–Kier alpha value is -0.830. The molecule has 0 saturated heterocycles. The Morgan fingerprint density at radius 1 is 1.44 bits per heavy atom. The molecule has 1 unspecified atom stereocenters. The van der Waals surface area contributed by atoms with E-state index in [2.05, 4.69) is 30.3 Å². The Kier molecular flexibility index (Phi) is 4.10. The summed E-state index contributed by atoms with van der Waals surface area (Å²) in [6.07, 6.45) is 10.3. The summed E-state index contributed by atoms with van der Waals surface area (Å²) in [6.45, 7) is 7.83. The number of imidazole rings is 1. The normalized spacial score (nSPS) is 19.2. The Bertz CT molecular complexity index is 377. The lowest BCUT2D eigenvalue weighted by Gasteiger charge is -2.20. The second kappa shape index (κ2) is 5.43. The zero-order valence-electron chi connectivity index (χ0n) is 12.0. The predicted molar refractivity (Wildman–Crippen MR) is 75.2 cm³/mol. The van der Waals surface area contributed by atoms with Crippen LogP contribution in [-0.2, 0) is 6.54 Å². The molecule has 0 bridgehead atoms. The Morgan fingerprint density at radius 3 is 2.72 bits per heavy atom. The topological polar surface area (TPSA) is 43.8 Å². The van der Waals surface area contributed by atoms with E-state index in [1.807, 2.05) is 12.5 Å². The summed E-state index contributed by atoms with van der Waals surface area (Å²) in [6, 6.07) is 0.130. The molecule has 1 fully saturated rings. The first-order valence-electron chi connectivity index (χ1n) is 7.32. The van der Waals surface area contributed by atoms with E-state index >= 15 is 0 Å². The van der Waals surface area contributed by atoms with Gasteiger partial charge in [0.2, 0.25) is 0 Å². The standard InChI is InChI=1S/C15H27N3/c1-4-5-15(6-7-15)10-18-11-17-9-14(18)13(16)8-12(2)3/h9,11-13H,4-8,10,16H2,1-3H3. The minimum atomic E-state index is 0.130. The lowest BCUT2D eigenvalue weighted by atomic mass is 9.99. The van der Waals surface area contributed by atoms with Crippen LogP contribution in [0.15, 0.2) is 12.5 Å². The predicted octanol–water partition coefficient (Wildman–Crippen LogP) is 3.51. The minimum absolute atomic E-state index is 0.130. The van der Waals surface area contributed by atoms with Gasteiger partial charge in [0.05, 0.1) is 12.0 Å². The lowest BCUT2D eigenvalue weighted by Crippen LogP contribution is -2.20. The average Bonchev–Trinajstić information content (AvgIpc) is 2.88. The molecule has 0 spiro atoms. The highest BCUT2D eigenvalue weighted by molar-refractivity contribution is 5.07. The van der Waals surface area contributed by atoms with E-state index in [-0.39, 0.29) is 6.04 Å². The zero-order chi connectivity index (χ0) is 13.2. The van der Waals surface area contributed by atoms with Crippen molar-refractivity contribution in [2.75, 3.05) is 0 Å². The Morgan fingerprint density at radius 2 is 2.17 bits per heavy atom. The fourth-order valence-electron chi connectivity index (χ4n) is 2.96. The van der Waals surface area contributed by atoms with Crippen molar-refractivity contribution < 1.29 is 0 Å². The molecule has 3 heteroatoms. The van der Waals surface area contributed by atoms with Crippen LogP contribution in [-0.4, -0.2) is 9.55 Å². The van der Waals surface area contributed by atoms with Crippen molar-refractivity contribution in [3.05, 3.63) is 18.2 Å². The fourth-order valence-corrected chi connectivity index (χ4v) is 2.96. The van der Waals surface area contributed by atoms with Crippen LogP contribution < -0.4 is 5.73 Å². The average molecular weight is 249 g/mol. The van der Waals surface area contributed by atoms with Crippen molar-refractivity contribution in [1.82, 2.24) is 9.55 Å². The summed E-state index contributed by atoms with van der Waals surface area (Å²) in [4.78, 5) is 4.31. The lowest BCUT2D eigenvalue weighted by molar-refractivity contribution is 0.372. The van der Waals surface area contributed by atoms with Gasteiger partial charge in [-0.1, -0.05) is 27.2 Å². The molecule has 1 heterocycles. The van der Waals surface area contributed by atoms with Crippen LogP contribution >= 0.6 is 0 Å². The highest BCUT2D eigenvalue weighted by Crippen LogP contribution is 2.51. The molecule has 0 aromatic carbocycles. The summed E-state index contributed by atoms with van der Waals surface area (Å²) < 4.78 is 2.30. The third kappa shape index (κ3) is 3.14. The van der Waals surface area contributed by atoms with Crippen molar-refractivity contribution in [3.8, 4) is 0 Å². The highest BCUT2D eigenvalue weighted by Gasteiger charge is 2.42. The molecule has 0 radical (unpaired) electrons. The van der Waals surface area contributed by atoms with Gasteiger partial charge in [-0.15, -0.1) is 0 Å². The molecule has 0 aliphatic heterocycles. The maximum atomic E-state index is 6.29. The van der Waals surface area contributed by atoms with E-state index in [1.165, 1.54) is 31.4 Å². The van der Waals surface area contributed by atoms with E-state index in [1.54, 1.807) is 0 Å². The second-order valence-corrected chi connectivity index (χ2v) is 6.43. The van der Waals surface area contributed by atoms with Crippen LogP contribution in [0.25, 0.3) is 0 Å². The van der Waals surface area contributed by atoms with E-state index < -0.39 is 0 Å². The molecule has 1 aliphatic carbocycles. The van der Waals surface area contributed by atoms with Crippen molar-refractivity contribution in [3.63, 3.8) is 0 Å². The van der Waals surface area contributed by atoms with Gasteiger partial charge in [-0.05, 0) is 37.0 Å². The summed E-state index contributed by atoms with van der Waals surface area (Å²) in [5.74, 6) is 0.633. The van der Waals surface area contributed by atoms with Crippen molar-refractivity contribution in [2.45, 2.75) is 65.5 Å². The largest absolute Gasteiger partial charge is 0.333 e. The summed E-state index contributed by atoms with van der Waals surface area (Å²) in [7, 11) is 0. The van der Waals surface area contributed by atoms with Crippen LogP contribution in [0.1, 0.15) is 64.6 Å². The maximum absolute atomic E-state index is 6.29. The van der Waals surface area contributed by atoms with Gasteiger partial charge in [0, 0.05) is 18.8 Å². The SMILES string of the molecule is CCCC1(Cn2cncc2C(N)CC(C)C)CC1. The molecule has 1 aromatic rings. The van der Waals surface area contributed by atoms with Crippen LogP contribution in [0, 0.1) is 11.3 Å². The van der Waals surface area contributed by atoms with Crippen molar-refractivity contribution in [1.29, 1.82) is 0 Å². The molecule has 0 amide bonds. The first kappa shape index (κ1) is 13.6. The summed E-state index contributed by atoms with van der Waals surface area (Å²) in [5.41, 5.74) is 8.06. The quantitative estimate of drug-likeness (QED) is 0.803. The first-order valence-corrected chi connectivity index (χ1v) is 7.32. The number of rotatable bonds is 7. The van der Waals surface area contributed by atoms with Crippen LogP contribution in [0.3, 0.4) is 0 Å². The van der Waals surface area contributed by atoms with E-state index in [0.717, 1.165) is 13.0 Å². The van der Waals surface area contributed by atoms with E-state index in [0.29, 0.717) is 11.3 Å². The molecular formula is C15H27N3. The first-order chi connectivity index (χ1) is 8.56. The smallest absolute Gasteiger partial charge is 0.0948 e. The monoisotopic (exact) mass is 249 g/mol. The highest BCUT2D eigenvalue weighted by atomic mass is 15.1. The molecule has 1 aliphatic rings. The van der Waals surface area contributed by atoms with E-state index in [4.69, 9.17) is 5.73 Å². The van der Waals surface area contributed by atoms with Gasteiger partial charge in [0.25, 0.3) is 0 Å². The van der Waals surface area contributed by atoms with Crippen LogP contribution in [0.5, 0.6) is 0 Å². The Labute approximate surface area is 111 Å². The number of aromatic nitrogens is 2. The van der Waals surface area contributed by atoms with Crippen LogP contribution in [0.2, 0.25) is 0 Å². The second-order valence-electron chi connectivity index (χ2n) is 6.43. The van der Waals surface area contributed by atoms with Gasteiger partial charge in [0.1, 0.15) is 0 Å². The molecule has 2 rings (SSSR count). The summed E-state index contributed by atoms with van der Waals surface area (Å²) >= 11 is 0. The number of hydrogen-bond acceptors (Lipinski definition) is 2. The van der Waals surface area contributed by atoms with Gasteiger partial charge in [0.15, 0.2) is 0 Å². The molecule has 3 nitrogen and oxygen atoms in total. The van der Waals surface area contributed by atoms with Crippen LogP contribution in [0.4, 0.5) is 0 Å². The molecule has 1 atom stereocenters. The van der Waals surface area contributed by atoms with Gasteiger partial charge in [-0.25, -0.2) is 4.98 Å². The van der Waals surface area contributed by atoms with Crippen molar-refractivity contribution in [2.24, 2.45) is 17.1 Å². The fraction of sp³-hybridized carbons (Fsp3) is 0.800.